The van der Waals surface area contributed by atoms with Crippen LogP contribution in [0.1, 0.15) is 139 Å². The van der Waals surface area contributed by atoms with Gasteiger partial charge in [0.25, 0.3) is 0 Å². The molecule has 8 heteroatoms. The highest BCUT2D eigenvalue weighted by Gasteiger charge is 2.70. The van der Waals surface area contributed by atoms with Crippen LogP contribution in [0.15, 0.2) is 54.6 Å². The van der Waals surface area contributed by atoms with E-state index in [9.17, 15) is 9.59 Å². The van der Waals surface area contributed by atoms with Gasteiger partial charge >= 0.3 is 0 Å². The van der Waals surface area contributed by atoms with Crippen molar-refractivity contribution in [2.75, 3.05) is 39.5 Å². The van der Waals surface area contributed by atoms with Crippen LogP contribution in [-0.4, -0.2) is 74.4 Å². The summed E-state index contributed by atoms with van der Waals surface area (Å²) >= 11 is 0. The fraction of sp³-hybridized carbons (Fsp3) is 0.725. The molecule has 7 nitrogen and oxygen atoms in total. The number of hydrogen-bond acceptors (Lipinski definition) is 5. The Morgan fingerprint density at radius 3 is 2.19 bits per heavy atom. The summed E-state index contributed by atoms with van der Waals surface area (Å²) in [6.45, 7) is 6.44. The first-order chi connectivity index (χ1) is 28.5. The standard InChI is InChI=1S/C51H69FN4O3/c1-2-59-33-47-20-34-21-48(27-47,30-49(22-34,28-47)44(57)54-41-14-12-40(53)13-15-41)38-10-8-36(9-11-38)43-37-23-46(32-52)26-50(24-37,31-51(43,29-46)39-6-4-3-5-7-39)45(58)55-42-25-56-18-16-35(42)17-19-56/h3-11,34-35,37,40-43H,2,12-33,53H2,1H3,(H,54,57)(H,55,58)/t34?,37?,40-,41-,42-,43?,46-,47-,48+,49?,50?,51+/m0/s1. The molecule has 59 heavy (non-hydrogen) atoms. The molecule has 3 aliphatic heterocycles. The number of benzene rings is 2. The minimum absolute atomic E-state index is 0.0171. The molecule has 5 unspecified atom stereocenters. The Morgan fingerprint density at radius 2 is 1.47 bits per heavy atom. The molecule has 10 atom stereocenters. The van der Waals surface area contributed by atoms with Crippen LogP contribution in [-0.2, 0) is 25.2 Å². The smallest absolute Gasteiger partial charge is 0.226 e. The first kappa shape index (κ1) is 39.1. The summed E-state index contributed by atoms with van der Waals surface area (Å²) in [4.78, 5) is 32.0. The number of ether oxygens (including phenoxy) is 1. The third-order valence-electron chi connectivity index (χ3n) is 18.8. The minimum Gasteiger partial charge on any atom is -0.381 e. The average molecular weight is 805 g/mol. The summed E-state index contributed by atoms with van der Waals surface area (Å²) in [5.74, 6) is 2.03. The van der Waals surface area contributed by atoms with E-state index in [-0.39, 0.29) is 70.1 Å². The second-order valence-corrected chi connectivity index (χ2v) is 22.7. The molecular formula is C51H69FN4O3. The molecule has 0 spiro atoms. The maximum Gasteiger partial charge on any atom is 0.226 e. The zero-order valence-electron chi connectivity index (χ0n) is 35.6. The maximum absolute atomic E-state index is 15.7. The molecule has 9 aliphatic carbocycles. The van der Waals surface area contributed by atoms with Gasteiger partial charge in [-0.25, -0.2) is 0 Å². The van der Waals surface area contributed by atoms with E-state index in [2.05, 4.69) is 77.1 Å². The Morgan fingerprint density at radius 1 is 0.746 bits per heavy atom. The molecule has 2 aromatic rings. The van der Waals surface area contributed by atoms with Crippen molar-refractivity contribution in [3.63, 3.8) is 0 Å². The van der Waals surface area contributed by atoms with Crippen molar-refractivity contribution in [1.82, 2.24) is 15.5 Å². The molecule has 0 aromatic heterocycles. The van der Waals surface area contributed by atoms with Gasteiger partial charge in [0.1, 0.15) is 0 Å². The Balaban J connectivity index is 0.922. The Bertz CT molecular complexity index is 1930. The summed E-state index contributed by atoms with van der Waals surface area (Å²) in [6, 6.07) is 21.4. The summed E-state index contributed by atoms with van der Waals surface area (Å²) < 4.78 is 22.0. The van der Waals surface area contributed by atoms with Crippen LogP contribution in [0.2, 0.25) is 0 Å². The van der Waals surface area contributed by atoms with Crippen molar-refractivity contribution >= 4 is 11.8 Å². The quantitative estimate of drug-likeness (QED) is 0.214. The number of halogens is 1. The number of hydrogen-bond donors (Lipinski definition) is 3. The van der Waals surface area contributed by atoms with Crippen LogP contribution in [0.4, 0.5) is 4.39 Å². The van der Waals surface area contributed by atoms with Gasteiger partial charge in [0, 0.05) is 42.1 Å². The first-order valence-corrected chi connectivity index (χ1v) is 23.9. The molecule has 318 valence electrons. The van der Waals surface area contributed by atoms with Crippen LogP contribution < -0.4 is 16.4 Å². The lowest BCUT2D eigenvalue weighted by Crippen LogP contribution is -2.67. The number of carbonyl (C=O) groups excluding carboxylic acids is 2. The average Bonchev–Trinajstić information content (AvgIpc) is 3.24. The van der Waals surface area contributed by atoms with E-state index in [1.54, 1.807) is 0 Å². The van der Waals surface area contributed by atoms with Crippen molar-refractivity contribution in [2.45, 2.75) is 151 Å². The van der Waals surface area contributed by atoms with Gasteiger partial charge in [-0.3, -0.25) is 14.0 Å². The number of amides is 2. The molecule has 14 rings (SSSR count). The van der Waals surface area contributed by atoms with Gasteiger partial charge in [-0.2, -0.15) is 0 Å². The van der Waals surface area contributed by atoms with Gasteiger partial charge in [-0.15, -0.1) is 0 Å². The lowest BCUT2D eigenvalue weighted by molar-refractivity contribution is -0.173. The highest BCUT2D eigenvalue weighted by Crippen LogP contribution is 2.75. The number of alkyl halides is 1. The normalized spacial score (nSPS) is 46.4. The summed E-state index contributed by atoms with van der Waals surface area (Å²) in [5.41, 5.74) is 8.55. The monoisotopic (exact) mass is 805 g/mol. The van der Waals surface area contributed by atoms with Gasteiger partial charge in [0.15, 0.2) is 0 Å². The van der Waals surface area contributed by atoms with E-state index in [0.29, 0.717) is 24.9 Å². The lowest BCUT2D eigenvalue weighted by atomic mass is 9.34. The molecule has 12 fully saturated rings. The maximum atomic E-state index is 15.7. The van der Waals surface area contributed by atoms with Crippen LogP contribution in [0.3, 0.4) is 0 Å². The third kappa shape index (κ3) is 6.24. The predicted octanol–water partition coefficient (Wildman–Crippen LogP) is 8.10. The Labute approximate surface area is 351 Å². The second kappa shape index (κ2) is 14.1. The van der Waals surface area contributed by atoms with E-state index >= 15 is 4.39 Å². The number of nitrogens with two attached hydrogens (primary N) is 1. The van der Waals surface area contributed by atoms with Crippen LogP contribution >= 0.6 is 0 Å². The number of piperidine rings is 3. The number of nitrogens with one attached hydrogen (secondary N) is 2. The fourth-order valence-electron chi connectivity index (χ4n) is 17.4. The van der Waals surface area contributed by atoms with Gasteiger partial charge < -0.3 is 26.0 Å². The van der Waals surface area contributed by atoms with Gasteiger partial charge in [0.2, 0.25) is 11.8 Å². The lowest BCUT2D eigenvalue weighted by Gasteiger charge is -2.69. The zero-order valence-corrected chi connectivity index (χ0v) is 35.6. The van der Waals surface area contributed by atoms with Crippen molar-refractivity contribution < 1.29 is 18.7 Å². The largest absolute Gasteiger partial charge is 0.381 e. The second-order valence-electron chi connectivity index (χ2n) is 22.7. The van der Waals surface area contributed by atoms with Crippen molar-refractivity contribution in [3.05, 3.63) is 71.3 Å². The van der Waals surface area contributed by atoms with E-state index in [1.807, 2.05) is 0 Å². The molecule has 12 aliphatic rings. The fourth-order valence-corrected chi connectivity index (χ4v) is 17.4. The highest BCUT2D eigenvalue weighted by molar-refractivity contribution is 5.85. The van der Waals surface area contributed by atoms with Gasteiger partial charge in [0.05, 0.1) is 24.1 Å². The number of nitrogens with zero attached hydrogens (tertiary/aromatic N) is 1. The summed E-state index contributed by atoms with van der Waals surface area (Å²) in [6.07, 6.45) is 16.5. The topological polar surface area (TPSA) is 96.7 Å². The third-order valence-corrected chi connectivity index (χ3v) is 18.8. The van der Waals surface area contributed by atoms with E-state index in [1.165, 1.54) is 29.5 Å². The van der Waals surface area contributed by atoms with E-state index in [0.717, 1.165) is 116 Å². The first-order valence-electron chi connectivity index (χ1n) is 23.9. The predicted molar refractivity (Wildman–Crippen MR) is 228 cm³/mol. The molecule has 3 saturated heterocycles. The number of fused-ring (bicyclic) bond motifs is 3. The SMILES string of the molecule is CCOC[C@]12CC3CC(C(=O)N[C@H]4CC[C@H](N)CC4)(C1)C[C@@](c1ccc(C4C5CC6(C(=O)N[C@H]7CN8CCC7CC8)C[C@@](CF)(C5)C[C@]4(c4ccccc4)C6)cc1)(C3)C2. The minimum atomic E-state index is -0.543. The summed E-state index contributed by atoms with van der Waals surface area (Å²) in [5, 5.41) is 7.24. The molecule has 3 heterocycles. The van der Waals surface area contributed by atoms with Crippen LogP contribution in [0.5, 0.6) is 0 Å². The molecule has 10 bridgehead atoms. The number of rotatable bonds is 11. The van der Waals surface area contributed by atoms with E-state index < -0.39 is 10.8 Å². The van der Waals surface area contributed by atoms with Crippen LogP contribution in [0, 0.1) is 39.4 Å². The molecule has 2 aromatic carbocycles. The number of carbonyl (C=O) groups is 2. The molecule has 9 saturated carbocycles. The van der Waals surface area contributed by atoms with Crippen molar-refractivity contribution in [2.24, 2.45) is 45.1 Å². The molecule has 0 radical (unpaired) electrons. The van der Waals surface area contributed by atoms with Gasteiger partial charge in [-0.05, 0) is 180 Å². The Kier molecular flexibility index (Phi) is 9.34. The zero-order chi connectivity index (χ0) is 40.3. The molecule has 4 N–H and O–H groups in total. The molecule has 2 amide bonds. The van der Waals surface area contributed by atoms with Gasteiger partial charge in [-0.1, -0.05) is 54.6 Å². The van der Waals surface area contributed by atoms with E-state index in [4.69, 9.17) is 10.5 Å². The Hall–Kier alpha value is -2.81. The van der Waals surface area contributed by atoms with Crippen molar-refractivity contribution in [1.29, 1.82) is 0 Å². The van der Waals surface area contributed by atoms with Crippen LogP contribution in [0.25, 0.3) is 0 Å². The highest BCUT2D eigenvalue weighted by atomic mass is 19.1. The summed E-state index contributed by atoms with van der Waals surface area (Å²) in [7, 11) is 0. The van der Waals surface area contributed by atoms with Crippen molar-refractivity contribution in [3.8, 4) is 0 Å². The molecular weight excluding hydrogens is 736 g/mol.